The first-order valence-corrected chi connectivity index (χ1v) is 25.4. The zero-order valence-electron chi connectivity index (χ0n) is 38.8. The zero-order valence-corrected chi connectivity index (χ0v) is 39.7. The molecule has 0 saturated carbocycles. The second-order valence-corrected chi connectivity index (χ2v) is 16.8. The minimum absolute atomic E-state index is 0.0133. The Bertz CT molecular complexity index is 1330. The van der Waals surface area contributed by atoms with E-state index in [0.717, 1.165) is 116 Å². The second-order valence-electron chi connectivity index (χ2n) is 15.4. The number of carbonyl (C=O) groups is 1. The van der Waals surface area contributed by atoms with Crippen molar-refractivity contribution in [2.24, 2.45) is 0 Å². The Morgan fingerprint density at radius 3 is 1.39 bits per heavy atom. The molecule has 0 aliphatic carbocycles. The van der Waals surface area contributed by atoms with Crippen LogP contribution in [0.25, 0.3) is 0 Å². The van der Waals surface area contributed by atoms with Crippen molar-refractivity contribution in [3.8, 4) is 0 Å². The summed E-state index contributed by atoms with van der Waals surface area (Å²) in [6, 6.07) is 0. The summed E-state index contributed by atoms with van der Waals surface area (Å²) in [7, 11) is -4.54. The lowest BCUT2D eigenvalue weighted by Crippen LogP contribution is -2.29. The molecule has 0 heterocycles. The molecule has 0 aromatic rings. The highest BCUT2D eigenvalue weighted by molar-refractivity contribution is 7.47. The largest absolute Gasteiger partial charge is 0.472 e. The van der Waals surface area contributed by atoms with E-state index in [9.17, 15) is 19.4 Å². The minimum atomic E-state index is -4.54. The molecule has 3 N–H and O–H groups in total. The number of hydrogen-bond acceptors (Lipinski definition) is 8. The molecule has 0 aliphatic rings. The molecule has 9 nitrogen and oxygen atoms in total. The summed E-state index contributed by atoms with van der Waals surface area (Å²) < 4.78 is 33.4. The molecule has 0 amide bonds. The van der Waals surface area contributed by atoms with E-state index in [1.807, 2.05) is 0 Å². The summed E-state index contributed by atoms with van der Waals surface area (Å²) in [5, 5.41) is 18.4. The summed E-state index contributed by atoms with van der Waals surface area (Å²) >= 11 is 0. The summed E-state index contributed by atoms with van der Waals surface area (Å²) in [5.41, 5.74) is 0. The summed E-state index contributed by atoms with van der Waals surface area (Å²) in [4.78, 5) is 22.7. The average molecular weight is 887 g/mol. The van der Waals surface area contributed by atoms with Crippen molar-refractivity contribution in [1.29, 1.82) is 0 Å². The van der Waals surface area contributed by atoms with Crippen molar-refractivity contribution in [3.63, 3.8) is 0 Å². The monoisotopic (exact) mass is 887 g/mol. The molecule has 354 valence electrons. The Labute approximate surface area is 378 Å². The molecule has 0 aliphatic heterocycles. The van der Waals surface area contributed by atoms with E-state index in [1.54, 1.807) is 0 Å². The Hall–Kier alpha value is -2.88. The quantitative estimate of drug-likeness (QED) is 0.0237. The number of hydrogen-bond donors (Lipinski definition) is 3. The molecule has 0 aromatic heterocycles. The van der Waals surface area contributed by atoms with Gasteiger partial charge in [-0.2, -0.15) is 0 Å². The van der Waals surface area contributed by atoms with Gasteiger partial charge in [0.1, 0.15) is 12.2 Å². The number of ether oxygens (including phenoxy) is 2. The maximum Gasteiger partial charge on any atom is 0.472 e. The van der Waals surface area contributed by atoms with Crippen molar-refractivity contribution >= 4 is 13.8 Å². The maximum atomic E-state index is 12.7. The highest BCUT2D eigenvalue weighted by Crippen LogP contribution is 2.43. The van der Waals surface area contributed by atoms with Crippen LogP contribution in [-0.4, -0.2) is 66.3 Å². The maximum absolute atomic E-state index is 12.7. The lowest BCUT2D eigenvalue weighted by atomic mass is 10.1. The first-order chi connectivity index (χ1) is 30.3. The number of unbranched alkanes of at least 4 members (excludes halogenated alkanes) is 12. The number of aliphatic hydroxyl groups is 2. The summed E-state index contributed by atoms with van der Waals surface area (Å²) in [6.45, 7) is 3.25. The van der Waals surface area contributed by atoms with Gasteiger partial charge in [0.05, 0.1) is 26.4 Å². The number of phosphoric acid groups is 1. The molecule has 3 atom stereocenters. The van der Waals surface area contributed by atoms with Crippen molar-refractivity contribution in [3.05, 3.63) is 109 Å². The van der Waals surface area contributed by atoms with Gasteiger partial charge in [0.2, 0.25) is 0 Å². The number of aliphatic hydroxyl groups excluding tert-OH is 2. The van der Waals surface area contributed by atoms with Crippen molar-refractivity contribution in [1.82, 2.24) is 0 Å². The fourth-order valence-corrected chi connectivity index (χ4v) is 6.62. The van der Waals surface area contributed by atoms with Crippen LogP contribution in [0.15, 0.2) is 109 Å². The molecule has 0 radical (unpaired) electrons. The predicted molar refractivity (Wildman–Crippen MR) is 260 cm³/mol. The molecule has 0 aromatic carbocycles. The van der Waals surface area contributed by atoms with Gasteiger partial charge in [0.15, 0.2) is 0 Å². The molecule has 62 heavy (non-hydrogen) atoms. The van der Waals surface area contributed by atoms with Crippen LogP contribution in [0, 0.1) is 0 Å². The van der Waals surface area contributed by atoms with E-state index < -0.39 is 45.8 Å². The molecule has 0 fully saturated rings. The van der Waals surface area contributed by atoms with Crippen molar-refractivity contribution in [2.45, 2.75) is 180 Å². The topological polar surface area (TPSA) is 132 Å². The average Bonchev–Trinajstić information content (AvgIpc) is 3.26. The number of rotatable bonds is 44. The van der Waals surface area contributed by atoms with E-state index in [0.29, 0.717) is 13.0 Å². The lowest BCUT2D eigenvalue weighted by Gasteiger charge is -2.20. The highest BCUT2D eigenvalue weighted by Gasteiger charge is 2.26. The summed E-state index contributed by atoms with van der Waals surface area (Å²) in [6.07, 6.45) is 61.9. The Kier molecular flexibility index (Phi) is 45.4. The number of esters is 1. The lowest BCUT2D eigenvalue weighted by molar-refractivity contribution is -0.154. The number of carbonyl (C=O) groups excluding carboxylic acids is 1. The fourth-order valence-electron chi connectivity index (χ4n) is 5.83. The highest BCUT2D eigenvalue weighted by atomic mass is 31.2. The van der Waals surface area contributed by atoms with Crippen LogP contribution >= 0.6 is 7.82 Å². The molecule has 3 unspecified atom stereocenters. The molecule has 0 rings (SSSR count). The van der Waals surface area contributed by atoms with Gasteiger partial charge >= 0.3 is 13.8 Å². The summed E-state index contributed by atoms with van der Waals surface area (Å²) in [5.74, 6) is -0.412. The predicted octanol–water partition coefficient (Wildman–Crippen LogP) is 13.8. The van der Waals surface area contributed by atoms with Gasteiger partial charge in [-0.3, -0.25) is 13.8 Å². The second kappa shape index (κ2) is 47.6. The van der Waals surface area contributed by atoms with Crippen LogP contribution in [0.5, 0.6) is 0 Å². The third-order valence-electron chi connectivity index (χ3n) is 9.44. The van der Waals surface area contributed by atoms with Crippen LogP contribution in [-0.2, 0) is 27.9 Å². The normalized spacial score (nSPS) is 14.9. The van der Waals surface area contributed by atoms with Crippen molar-refractivity contribution < 1.29 is 43.0 Å². The molecule has 10 heteroatoms. The first-order valence-electron chi connectivity index (χ1n) is 23.9. The zero-order chi connectivity index (χ0) is 45.3. The van der Waals surface area contributed by atoms with E-state index in [1.165, 1.54) is 25.7 Å². The number of allylic oxidation sites excluding steroid dienone is 18. The van der Waals surface area contributed by atoms with Crippen LogP contribution in [0.2, 0.25) is 0 Å². The van der Waals surface area contributed by atoms with Gasteiger partial charge in [-0.25, -0.2) is 4.57 Å². The van der Waals surface area contributed by atoms with E-state index in [4.69, 9.17) is 23.6 Å². The molecule has 0 spiro atoms. The Balaban J connectivity index is 4.26. The third-order valence-corrected chi connectivity index (χ3v) is 10.4. The minimum Gasteiger partial charge on any atom is -0.457 e. The van der Waals surface area contributed by atoms with Gasteiger partial charge in [-0.15, -0.1) is 0 Å². The van der Waals surface area contributed by atoms with Gasteiger partial charge in [0, 0.05) is 13.0 Å². The van der Waals surface area contributed by atoms with E-state index in [-0.39, 0.29) is 13.0 Å². The van der Waals surface area contributed by atoms with Gasteiger partial charge in [-0.05, 0) is 103 Å². The van der Waals surface area contributed by atoms with Gasteiger partial charge in [0.25, 0.3) is 0 Å². The Morgan fingerprint density at radius 2 is 0.919 bits per heavy atom. The SMILES string of the molecule is CC/C=C\C/C=C\C/C=C\C/C=C\C/C=C\C/C=C\CCCCCOCC(COP(=O)(O)OCC(O)CO)OC(=O)CCCCCCCC/C=C\C/C=C\C/C=C\CCCCC. The standard InChI is InChI=1S/C52H87O9P/c1-3-5-7-9-11-13-15-17-19-21-23-24-25-27-29-31-33-35-37-39-41-43-45-58-48-51(49-60-62(56,57)59-47-50(54)46-53)61-52(55)44-42-40-38-36-34-32-30-28-26-22-20-18-16-14-12-10-8-6-4-2/h5,7,11-14,17-20,23-24,26-29,33,35,50-51,53-54H,3-4,6,8-10,15-16,21-22,25,30-32,34,36-49H2,1-2H3,(H,56,57)/b7-5-,13-11-,14-12-,19-17-,20-18-,24-23-,28-26-,29-27-,35-33-. The van der Waals surface area contributed by atoms with Crippen LogP contribution in [0.3, 0.4) is 0 Å². The van der Waals surface area contributed by atoms with Gasteiger partial charge < -0.3 is 24.6 Å². The van der Waals surface area contributed by atoms with E-state index in [2.05, 4.69) is 123 Å². The van der Waals surface area contributed by atoms with Gasteiger partial charge in [-0.1, -0.05) is 168 Å². The smallest absolute Gasteiger partial charge is 0.457 e. The van der Waals surface area contributed by atoms with E-state index >= 15 is 0 Å². The van der Waals surface area contributed by atoms with Crippen molar-refractivity contribution in [2.75, 3.05) is 33.0 Å². The number of phosphoric ester groups is 1. The molecule has 0 bridgehead atoms. The van der Waals surface area contributed by atoms with Crippen LogP contribution in [0.4, 0.5) is 0 Å². The fraction of sp³-hybridized carbons (Fsp3) is 0.635. The van der Waals surface area contributed by atoms with Crippen LogP contribution in [0.1, 0.15) is 168 Å². The van der Waals surface area contributed by atoms with Crippen LogP contribution < -0.4 is 0 Å². The Morgan fingerprint density at radius 1 is 0.516 bits per heavy atom. The molecule has 0 saturated heterocycles. The first kappa shape index (κ1) is 59.1. The molecular formula is C52H87O9P. The third kappa shape index (κ3) is 46.6. The molecular weight excluding hydrogens is 800 g/mol.